The third kappa shape index (κ3) is 10.5. The van der Waals surface area contributed by atoms with Gasteiger partial charge in [-0.2, -0.15) is 0 Å². The van der Waals surface area contributed by atoms with Crippen LogP contribution in [0.25, 0.3) is 0 Å². The summed E-state index contributed by atoms with van der Waals surface area (Å²) in [5.74, 6) is -0.350. The number of hydrogen-bond donors (Lipinski definition) is 2. The summed E-state index contributed by atoms with van der Waals surface area (Å²) < 4.78 is 0. The van der Waals surface area contributed by atoms with Crippen LogP contribution < -0.4 is 0 Å². The predicted octanol–water partition coefficient (Wildman–Crippen LogP) is 8.91. The SMILES string of the molecule is CC1=C(/C=C/C(C)=C/C=C/C(C)=C\C=C\C=C(C)\C=C\C=C(C)\C=C\C2=C(C)C(=O)[C@@H](O)CC2(C)C)C(C)(C)C[C@@H](O)C1=O. The minimum absolute atomic E-state index is 0.175. The van der Waals surface area contributed by atoms with Crippen molar-refractivity contribution in [1.82, 2.24) is 0 Å². The first-order valence-electron chi connectivity index (χ1n) is 15.4. The molecule has 0 saturated carbocycles. The maximum Gasteiger partial charge on any atom is 0.187 e. The van der Waals surface area contributed by atoms with Crippen molar-refractivity contribution in [3.05, 3.63) is 130 Å². The molecule has 0 spiro atoms. The fourth-order valence-electron chi connectivity index (χ4n) is 5.62. The van der Waals surface area contributed by atoms with Gasteiger partial charge < -0.3 is 10.2 Å². The lowest BCUT2D eigenvalue weighted by Gasteiger charge is -2.34. The van der Waals surface area contributed by atoms with E-state index in [2.05, 4.69) is 65.8 Å². The summed E-state index contributed by atoms with van der Waals surface area (Å²) in [6.07, 6.45) is 27.5. The van der Waals surface area contributed by atoms with E-state index in [0.29, 0.717) is 24.0 Å². The lowest BCUT2D eigenvalue weighted by Crippen LogP contribution is -2.35. The molecule has 0 saturated heterocycles. The second-order valence-corrected chi connectivity index (χ2v) is 13.4. The van der Waals surface area contributed by atoms with Gasteiger partial charge in [0.15, 0.2) is 11.6 Å². The zero-order valence-electron chi connectivity index (χ0n) is 28.4. The smallest absolute Gasteiger partial charge is 0.187 e. The molecular weight excluding hydrogens is 544 g/mol. The summed E-state index contributed by atoms with van der Waals surface area (Å²) in [5.41, 5.74) is 7.16. The second kappa shape index (κ2) is 15.9. The monoisotopic (exact) mass is 596 g/mol. The fraction of sp³-hybridized carbons (Fsp3) is 0.400. The number of carbonyl (C=O) groups is 2. The minimum Gasteiger partial charge on any atom is -0.385 e. The number of ketones is 2. The number of aliphatic hydroxyl groups excluding tert-OH is 2. The van der Waals surface area contributed by atoms with Crippen LogP contribution in [0.1, 0.15) is 82.1 Å². The molecule has 236 valence electrons. The number of carbonyl (C=O) groups excluding carboxylic acids is 2. The van der Waals surface area contributed by atoms with Crippen LogP contribution in [0.3, 0.4) is 0 Å². The van der Waals surface area contributed by atoms with Crippen LogP contribution in [-0.4, -0.2) is 34.0 Å². The fourth-order valence-corrected chi connectivity index (χ4v) is 5.62. The Labute approximate surface area is 265 Å². The van der Waals surface area contributed by atoms with Crippen LogP contribution in [0.2, 0.25) is 0 Å². The van der Waals surface area contributed by atoms with E-state index in [1.54, 1.807) is 13.8 Å². The molecular formula is C40H52O4. The van der Waals surface area contributed by atoms with Gasteiger partial charge >= 0.3 is 0 Å². The molecule has 2 rings (SSSR count). The molecule has 0 aromatic rings. The van der Waals surface area contributed by atoms with Crippen LogP contribution in [-0.2, 0) is 9.59 Å². The molecule has 0 unspecified atom stereocenters. The molecule has 4 nitrogen and oxygen atoms in total. The number of allylic oxidation sites excluding steroid dienone is 20. The van der Waals surface area contributed by atoms with Gasteiger partial charge in [-0.3, -0.25) is 9.59 Å². The molecule has 0 fully saturated rings. The van der Waals surface area contributed by atoms with Crippen LogP contribution in [0.15, 0.2) is 130 Å². The van der Waals surface area contributed by atoms with Gasteiger partial charge in [0.2, 0.25) is 0 Å². The highest BCUT2D eigenvalue weighted by Crippen LogP contribution is 2.40. The van der Waals surface area contributed by atoms with Gasteiger partial charge in [-0.15, -0.1) is 0 Å². The molecule has 0 amide bonds. The molecule has 0 bridgehead atoms. The zero-order valence-corrected chi connectivity index (χ0v) is 28.4. The minimum atomic E-state index is -0.907. The summed E-state index contributed by atoms with van der Waals surface area (Å²) in [7, 11) is 0. The van der Waals surface area contributed by atoms with Crippen LogP contribution >= 0.6 is 0 Å². The largest absolute Gasteiger partial charge is 0.385 e. The lowest BCUT2D eigenvalue weighted by molar-refractivity contribution is -0.126. The first kappa shape index (κ1) is 36.6. The molecule has 44 heavy (non-hydrogen) atoms. The van der Waals surface area contributed by atoms with Gasteiger partial charge in [-0.25, -0.2) is 0 Å². The van der Waals surface area contributed by atoms with E-state index in [9.17, 15) is 19.8 Å². The van der Waals surface area contributed by atoms with Gasteiger partial charge in [-0.1, -0.05) is 135 Å². The van der Waals surface area contributed by atoms with Crippen LogP contribution in [0.5, 0.6) is 0 Å². The molecule has 0 aliphatic heterocycles. The van der Waals surface area contributed by atoms with Crippen molar-refractivity contribution >= 4 is 11.6 Å². The normalized spacial score (nSPS) is 24.5. The second-order valence-electron chi connectivity index (χ2n) is 13.4. The first-order valence-corrected chi connectivity index (χ1v) is 15.4. The average molecular weight is 597 g/mol. The number of aliphatic hydroxyl groups is 2. The molecule has 2 aliphatic rings. The third-order valence-corrected chi connectivity index (χ3v) is 8.31. The summed E-state index contributed by atoms with van der Waals surface area (Å²) in [5, 5.41) is 20.0. The van der Waals surface area contributed by atoms with Gasteiger partial charge in [0, 0.05) is 0 Å². The average Bonchev–Trinajstić information content (AvgIpc) is 2.92. The summed E-state index contributed by atoms with van der Waals surface area (Å²) in [4.78, 5) is 24.5. The highest BCUT2D eigenvalue weighted by atomic mass is 16.3. The van der Waals surface area contributed by atoms with Crippen LogP contribution in [0, 0.1) is 10.8 Å². The highest BCUT2D eigenvalue weighted by molar-refractivity contribution is 6.01. The Morgan fingerprint density at radius 3 is 1.20 bits per heavy atom. The van der Waals surface area contributed by atoms with Crippen molar-refractivity contribution in [3.8, 4) is 0 Å². The molecule has 0 aromatic heterocycles. The predicted molar refractivity (Wildman–Crippen MR) is 185 cm³/mol. The molecule has 4 heteroatoms. The van der Waals surface area contributed by atoms with Crippen molar-refractivity contribution in [2.24, 2.45) is 10.8 Å². The Kier molecular flexibility index (Phi) is 13.2. The Bertz CT molecular complexity index is 1340. The van der Waals surface area contributed by atoms with Crippen molar-refractivity contribution in [1.29, 1.82) is 0 Å². The molecule has 2 atom stereocenters. The van der Waals surface area contributed by atoms with Gasteiger partial charge in [0.25, 0.3) is 0 Å². The summed E-state index contributed by atoms with van der Waals surface area (Å²) >= 11 is 0. The Balaban J connectivity index is 1.95. The van der Waals surface area contributed by atoms with Gasteiger partial charge in [-0.05, 0) is 87.5 Å². The van der Waals surface area contributed by atoms with Gasteiger partial charge in [0.05, 0.1) is 0 Å². The molecule has 2 aliphatic carbocycles. The van der Waals surface area contributed by atoms with Crippen molar-refractivity contribution in [2.45, 2.75) is 94.3 Å². The number of hydrogen-bond acceptors (Lipinski definition) is 4. The standard InChI is InChI=1S/C40H52O4/c1-27(17-13-19-29(3)21-23-33-31(5)37(43)35(41)25-39(33,7)8)15-11-12-16-28(2)18-14-20-30(4)22-24-34-32(6)38(44)36(42)26-40(34,9)10/h11-24,35-36,41-42H,25-26H2,1-10H3/b12-11+,17-13+,18-14+,23-21+,24-22+,27-15-,28-16+,29-19+,30-20+/t35-,36+/m1/s1. The Hall–Kier alpha value is -3.60. The summed E-state index contributed by atoms with van der Waals surface area (Å²) in [6, 6.07) is 0. The maximum absolute atomic E-state index is 12.2. The van der Waals surface area contributed by atoms with E-state index in [0.717, 1.165) is 33.4 Å². The molecule has 2 N–H and O–H groups in total. The van der Waals surface area contributed by atoms with E-state index in [4.69, 9.17) is 0 Å². The van der Waals surface area contributed by atoms with E-state index in [-0.39, 0.29) is 22.4 Å². The summed E-state index contributed by atoms with van der Waals surface area (Å²) in [6.45, 7) is 20.0. The maximum atomic E-state index is 12.2. The number of Topliss-reactive ketones (excluding diaryl/α,β-unsaturated/α-hetero) is 2. The van der Waals surface area contributed by atoms with Gasteiger partial charge in [0.1, 0.15) is 12.2 Å². The van der Waals surface area contributed by atoms with E-state index < -0.39 is 12.2 Å². The van der Waals surface area contributed by atoms with E-state index in [1.165, 1.54) is 0 Å². The van der Waals surface area contributed by atoms with E-state index >= 15 is 0 Å². The van der Waals surface area contributed by atoms with Crippen molar-refractivity contribution in [3.63, 3.8) is 0 Å². The zero-order chi connectivity index (χ0) is 33.2. The van der Waals surface area contributed by atoms with Crippen molar-refractivity contribution in [2.75, 3.05) is 0 Å². The molecule has 0 aromatic carbocycles. The quantitative estimate of drug-likeness (QED) is 0.247. The van der Waals surface area contributed by atoms with Crippen LogP contribution in [0.4, 0.5) is 0 Å². The first-order chi connectivity index (χ1) is 20.5. The Morgan fingerprint density at radius 2 is 0.864 bits per heavy atom. The molecule has 0 radical (unpaired) electrons. The molecule has 0 heterocycles. The Morgan fingerprint density at radius 1 is 0.568 bits per heavy atom. The van der Waals surface area contributed by atoms with Crippen molar-refractivity contribution < 1.29 is 19.8 Å². The lowest BCUT2D eigenvalue weighted by atomic mass is 9.71. The number of rotatable bonds is 10. The highest BCUT2D eigenvalue weighted by Gasteiger charge is 2.37. The topological polar surface area (TPSA) is 74.6 Å². The third-order valence-electron chi connectivity index (χ3n) is 8.31. The van der Waals surface area contributed by atoms with E-state index in [1.807, 2.05) is 74.6 Å².